The molecule has 0 aliphatic heterocycles. The smallest absolute Gasteiger partial charge is 0.412 e. The number of fused-ring (bicyclic) bond motifs is 1. The highest BCUT2D eigenvalue weighted by Gasteiger charge is 2.18. The number of imidazole rings is 1. The number of carbonyl (C=O) groups excluding carboxylic acids is 1. The number of rotatable bonds is 4. The summed E-state index contributed by atoms with van der Waals surface area (Å²) in [5.41, 5.74) is 0.738. The summed E-state index contributed by atoms with van der Waals surface area (Å²) in [4.78, 5) is 26.4. The van der Waals surface area contributed by atoms with Gasteiger partial charge in [-0.3, -0.25) is 9.88 Å². The number of nitrogens with zero attached hydrogens (tertiary/aromatic N) is 1. The Kier molecular flexibility index (Phi) is 4.89. The van der Waals surface area contributed by atoms with Crippen LogP contribution in [0.2, 0.25) is 0 Å². The standard InChI is InChI=1S/C15H20ClN3O4/c1-15(2,3)23-14(21)17-9-7-10-12(19(4)13(20)18-10)11(8-9)22-6-5-16/h7-8H,5-6H2,1-4H3,(H,17,21)(H,18,20). The Morgan fingerprint density at radius 1 is 1.39 bits per heavy atom. The van der Waals surface area contributed by atoms with E-state index in [1.54, 1.807) is 40.0 Å². The van der Waals surface area contributed by atoms with E-state index in [1.807, 2.05) is 0 Å². The van der Waals surface area contributed by atoms with Crippen LogP contribution in [0.15, 0.2) is 16.9 Å². The second-order valence-electron chi connectivity index (χ2n) is 6.02. The van der Waals surface area contributed by atoms with Crippen LogP contribution in [0.1, 0.15) is 20.8 Å². The molecule has 0 unspecified atom stereocenters. The van der Waals surface area contributed by atoms with Gasteiger partial charge in [-0.2, -0.15) is 0 Å². The molecule has 1 heterocycles. The second kappa shape index (κ2) is 6.54. The zero-order valence-electron chi connectivity index (χ0n) is 13.5. The molecule has 8 heteroatoms. The summed E-state index contributed by atoms with van der Waals surface area (Å²) in [6, 6.07) is 3.28. The summed E-state index contributed by atoms with van der Waals surface area (Å²) in [5.74, 6) is 0.763. The van der Waals surface area contributed by atoms with Crippen LogP contribution in [-0.2, 0) is 11.8 Å². The number of ether oxygens (including phenoxy) is 2. The van der Waals surface area contributed by atoms with Crippen LogP contribution >= 0.6 is 11.6 Å². The predicted octanol–water partition coefficient (Wildman–Crippen LogP) is 2.83. The van der Waals surface area contributed by atoms with Crippen molar-refractivity contribution in [1.29, 1.82) is 0 Å². The van der Waals surface area contributed by atoms with E-state index in [0.717, 1.165) is 0 Å². The molecule has 2 aromatic rings. The van der Waals surface area contributed by atoms with Crippen molar-refractivity contribution >= 4 is 34.4 Å². The normalized spacial score (nSPS) is 11.5. The van der Waals surface area contributed by atoms with Crippen LogP contribution in [0.5, 0.6) is 5.75 Å². The van der Waals surface area contributed by atoms with Gasteiger partial charge in [-0.25, -0.2) is 9.59 Å². The zero-order valence-corrected chi connectivity index (χ0v) is 14.3. The Morgan fingerprint density at radius 2 is 2.09 bits per heavy atom. The van der Waals surface area contributed by atoms with Gasteiger partial charge in [0.15, 0.2) is 0 Å². The molecular weight excluding hydrogens is 322 g/mol. The lowest BCUT2D eigenvalue weighted by Gasteiger charge is -2.20. The van der Waals surface area contributed by atoms with Gasteiger partial charge in [0.05, 0.1) is 11.4 Å². The van der Waals surface area contributed by atoms with E-state index in [4.69, 9.17) is 21.1 Å². The first kappa shape index (κ1) is 17.2. The first-order chi connectivity index (χ1) is 10.7. The lowest BCUT2D eigenvalue weighted by Crippen LogP contribution is -2.27. The van der Waals surface area contributed by atoms with Gasteiger partial charge in [-0.15, -0.1) is 11.6 Å². The van der Waals surface area contributed by atoms with Crippen molar-refractivity contribution in [3.63, 3.8) is 0 Å². The number of anilines is 1. The van der Waals surface area contributed by atoms with E-state index in [9.17, 15) is 9.59 Å². The van der Waals surface area contributed by atoms with Gasteiger partial charge >= 0.3 is 11.8 Å². The molecule has 1 aromatic heterocycles. The van der Waals surface area contributed by atoms with Crippen LogP contribution in [0.4, 0.5) is 10.5 Å². The van der Waals surface area contributed by atoms with Gasteiger partial charge in [0.2, 0.25) is 0 Å². The second-order valence-corrected chi connectivity index (χ2v) is 6.40. The van der Waals surface area contributed by atoms with Crippen LogP contribution in [0.25, 0.3) is 11.0 Å². The SMILES string of the molecule is Cn1c(=O)[nH]c2cc(NC(=O)OC(C)(C)C)cc(OCCCl)c21. The third kappa shape index (κ3) is 4.19. The van der Waals surface area contributed by atoms with Gasteiger partial charge in [-0.1, -0.05) is 0 Å². The highest BCUT2D eigenvalue weighted by molar-refractivity contribution is 6.18. The Hall–Kier alpha value is -2.15. The molecule has 23 heavy (non-hydrogen) atoms. The number of hydrogen-bond donors (Lipinski definition) is 2. The summed E-state index contributed by atoms with van der Waals surface area (Å²) < 4.78 is 12.2. The molecule has 0 atom stereocenters. The van der Waals surface area contributed by atoms with E-state index in [2.05, 4.69) is 10.3 Å². The minimum absolute atomic E-state index is 0.273. The topological polar surface area (TPSA) is 85.4 Å². The third-order valence-corrected chi connectivity index (χ3v) is 3.09. The Morgan fingerprint density at radius 3 is 2.70 bits per heavy atom. The average molecular weight is 342 g/mol. The molecule has 126 valence electrons. The van der Waals surface area contributed by atoms with E-state index >= 15 is 0 Å². The number of hydrogen-bond acceptors (Lipinski definition) is 4. The number of aryl methyl sites for hydroxylation is 1. The number of aromatic amines is 1. The molecule has 1 amide bonds. The molecule has 0 aliphatic rings. The van der Waals surface area contributed by atoms with Crippen molar-refractivity contribution in [2.75, 3.05) is 17.8 Å². The number of carbonyl (C=O) groups is 1. The van der Waals surface area contributed by atoms with E-state index < -0.39 is 11.7 Å². The molecule has 1 aromatic carbocycles. The molecule has 0 aliphatic carbocycles. The largest absolute Gasteiger partial charge is 0.490 e. The van der Waals surface area contributed by atoms with E-state index in [1.165, 1.54) is 4.57 Å². The number of aromatic nitrogens is 2. The molecule has 0 spiro atoms. The van der Waals surface area contributed by atoms with Gasteiger partial charge in [0, 0.05) is 18.8 Å². The fraction of sp³-hybridized carbons (Fsp3) is 0.467. The monoisotopic (exact) mass is 341 g/mol. The number of benzene rings is 1. The molecule has 0 fully saturated rings. The fourth-order valence-electron chi connectivity index (χ4n) is 2.10. The van der Waals surface area contributed by atoms with E-state index in [-0.39, 0.29) is 12.3 Å². The van der Waals surface area contributed by atoms with Crippen molar-refractivity contribution in [1.82, 2.24) is 9.55 Å². The Balaban J connectivity index is 2.38. The zero-order chi connectivity index (χ0) is 17.2. The predicted molar refractivity (Wildman–Crippen MR) is 89.6 cm³/mol. The highest BCUT2D eigenvalue weighted by atomic mass is 35.5. The van der Waals surface area contributed by atoms with Gasteiger partial charge < -0.3 is 14.5 Å². The Labute approximate surface area is 138 Å². The molecular formula is C15H20ClN3O4. The Bertz CT molecular complexity index is 773. The average Bonchev–Trinajstić information content (AvgIpc) is 2.69. The van der Waals surface area contributed by atoms with E-state index in [0.29, 0.717) is 28.4 Å². The van der Waals surface area contributed by atoms with Crippen LogP contribution in [0.3, 0.4) is 0 Å². The minimum Gasteiger partial charge on any atom is -0.490 e. The molecule has 2 N–H and O–H groups in total. The number of nitrogens with one attached hydrogen (secondary N) is 2. The summed E-state index contributed by atoms with van der Waals surface area (Å²) in [6.45, 7) is 5.62. The van der Waals surface area contributed by atoms with Crippen molar-refractivity contribution in [3.05, 3.63) is 22.6 Å². The summed E-state index contributed by atoms with van der Waals surface area (Å²) >= 11 is 5.65. The lowest BCUT2D eigenvalue weighted by molar-refractivity contribution is 0.0636. The summed E-state index contributed by atoms with van der Waals surface area (Å²) in [5, 5.41) is 2.63. The quantitative estimate of drug-likeness (QED) is 0.837. The highest BCUT2D eigenvalue weighted by Crippen LogP contribution is 2.28. The van der Waals surface area contributed by atoms with Gasteiger partial charge in [0.25, 0.3) is 0 Å². The molecule has 0 saturated carbocycles. The molecule has 0 saturated heterocycles. The number of H-pyrrole nitrogens is 1. The number of halogens is 1. The fourth-order valence-corrected chi connectivity index (χ4v) is 2.18. The first-order valence-corrected chi connectivity index (χ1v) is 7.66. The maximum absolute atomic E-state index is 11.9. The third-order valence-electron chi connectivity index (χ3n) is 2.94. The van der Waals surface area contributed by atoms with Gasteiger partial charge in [0.1, 0.15) is 23.5 Å². The van der Waals surface area contributed by atoms with Crippen molar-refractivity contribution in [3.8, 4) is 5.75 Å². The van der Waals surface area contributed by atoms with Crippen LogP contribution in [0, 0.1) is 0 Å². The van der Waals surface area contributed by atoms with Crippen molar-refractivity contribution in [2.24, 2.45) is 7.05 Å². The minimum atomic E-state index is -0.604. The first-order valence-electron chi connectivity index (χ1n) is 7.13. The van der Waals surface area contributed by atoms with Crippen molar-refractivity contribution < 1.29 is 14.3 Å². The summed E-state index contributed by atoms with van der Waals surface area (Å²) in [7, 11) is 1.63. The molecule has 0 bridgehead atoms. The molecule has 7 nitrogen and oxygen atoms in total. The lowest BCUT2D eigenvalue weighted by atomic mass is 10.2. The van der Waals surface area contributed by atoms with Crippen LogP contribution in [-0.4, -0.2) is 33.7 Å². The number of alkyl halides is 1. The summed E-state index contributed by atoms with van der Waals surface area (Å²) in [6.07, 6.45) is -0.585. The maximum Gasteiger partial charge on any atom is 0.412 e. The molecule has 0 radical (unpaired) electrons. The van der Waals surface area contributed by atoms with Crippen LogP contribution < -0.4 is 15.7 Å². The number of amides is 1. The van der Waals surface area contributed by atoms with Gasteiger partial charge in [-0.05, 0) is 26.8 Å². The maximum atomic E-state index is 11.9. The van der Waals surface area contributed by atoms with Crippen molar-refractivity contribution in [2.45, 2.75) is 26.4 Å². The molecule has 2 rings (SSSR count).